The molecule has 4 rings (SSSR count). The molecule has 0 radical (unpaired) electrons. The molecule has 4 heteroatoms. The maximum Gasteiger partial charge on any atom is 0.253 e. The zero-order valence-electron chi connectivity index (χ0n) is 14.5. The topological polar surface area (TPSA) is 32.8 Å². The molecule has 24 heavy (non-hydrogen) atoms. The molecule has 1 unspecified atom stereocenters. The van der Waals surface area contributed by atoms with Gasteiger partial charge in [0.05, 0.1) is 13.2 Å². The van der Waals surface area contributed by atoms with Gasteiger partial charge in [0.15, 0.2) is 0 Å². The summed E-state index contributed by atoms with van der Waals surface area (Å²) in [5.41, 5.74) is 3.74. The Kier molecular flexibility index (Phi) is 4.86. The number of rotatable bonds is 3. The van der Waals surface area contributed by atoms with Crippen LogP contribution in [0.15, 0.2) is 18.2 Å². The van der Waals surface area contributed by atoms with Crippen molar-refractivity contribution in [1.29, 1.82) is 0 Å². The number of benzene rings is 1. The van der Waals surface area contributed by atoms with Gasteiger partial charge in [-0.05, 0) is 61.3 Å². The molecule has 1 aromatic rings. The molecular formula is C20H28N2O2. The van der Waals surface area contributed by atoms with Crippen LogP contribution in [0.1, 0.15) is 40.7 Å². The average Bonchev–Trinajstić information content (AvgIpc) is 3.10. The number of ether oxygens (including phenoxy) is 1. The van der Waals surface area contributed by atoms with Gasteiger partial charge in [-0.1, -0.05) is 6.07 Å². The summed E-state index contributed by atoms with van der Waals surface area (Å²) >= 11 is 0. The van der Waals surface area contributed by atoms with Crippen molar-refractivity contribution in [2.75, 3.05) is 45.9 Å². The number of amides is 1. The van der Waals surface area contributed by atoms with Gasteiger partial charge >= 0.3 is 0 Å². The van der Waals surface area contributed by atoms with Crippen LogP contribution in [-0.4, -0.2) is 61.6 Å². The van der Waals surface area contributed by atoms with E-state index in [4.69, 9.17) is 4.74 Å². The molecule has 0 N–H and O–H groups in total. The molecule has 130 valence electrons. The number of aryl methyl sites for hydroxylation is 2. The quantitative estimate of drug-likeness (QED) is 0.854. The van der Waals surface area contributed by atoms with E-state index >= 15 is 0 Å². The van der Waals surface area contributed by atoms with E-state index in [1.54, 1.807) is 0 Å². The van der Waals surface area contributed by atoms with Gasteiger partial charge in [-0.2, -0.15) is 0 Å². The van der Waals surface area contributed by atoms with Gasteiger partial charge in [0.2, 0.25) is 0 Å². The summed E-state index contributed by atoms with van der Waals surface area (Å²) in [6, 6.07) is 6.39. The van der Waals surface area contributed by atoms with Crippen LogP contribution in [0.5, 0.6) is 0 Å². The number of carbonyl (C=O) groups is 1. The highest BCUT2D eigenvalue weighted by molar-refractivity contribution is 5.94. The largest absolute Gasteiger partial charge is 0.379 e. The highest BCUT2D eigenvalue weighted by Crippen LogP contribution is 2.25. The Labute approximate surface area is 144 Å². The molecule has 0 aromatic heterocycles. The fourth-order valence-corrected chi connectivity index (χ4v) is 4.36. The Morgan fingerprint density at radius 3 is 2.71 bits per heavy atom. The smallest absolute Gasteiger partial charge is 0.253 e. The third-order valence-corrected chi connectivity index (χ3v) is 5.79. The predicted molar refractivity (Wildman–Crippen MR) is 94.4 cm³/mol. The van der Waals surface area contributed by atoms with E-state index in [2.05, 4.69) is 21.9 Å². The number of hydrogen-bond acceptors (Lipinski definition) is 3. The van der Waals surface area contributed by atoms with Gasteiger partial charge < -0.3 is 9.64 Å². The van der Waals surface area contributed by atoms with Gasteiger partial charge in [-0.25, -0.2) is 0 Å². The molecule has 2 fully saturated rings. The van der Waals surface area contributed by atoms with Crippen molar-refractivity contribution in [1.82, 2.24) is 9.80 Å². The first-order chi connectivity index (χ1) is 11.8. The highest BCUT2D eigenvalue weighted by atomic mass is 16.5. The summed E-state index contributed by atoms with van der Waals surface area (Å²) in [4.78, 5) is 17.4. The van der Waals surface area contributed by atoms with Crippen molar-refractivity contribution in [3.8, 4) is 0 Å². The van der Waals surface area contributed by atoms with E-state index in [1.807, 2.05) is 6.07 Å². The van der Waals surface area contributed by atoms with Crippen molar-refractivity contribution in [3.63, 3.8) is 0 Å². The van der Waals surface area contributed by atoms with Crippen LogP contribution in [0.3, 0.4) is 0 Å². The molecule has 0 bridgehead atoms. The van der Waals surface area contributed by atoms with Gasteiger partial charge in [0.1, 0.15) is 0 Å². The lowest BCUT2D eigenvalue weighted by Crippen LogP contribution is -2.40. The van der Waals surface area contributed by atoms with E-state index in [0.29, 0.717) is 5.92 Å². The van der Waals surface area contributed by atoms with Crippen LogP contribution in [0.25, 0.3) is 0 Å². The van der Waals surface area contributed by atoms with E-state index in [-0.39, 0.29) is 5.91 Å². The van der Waals surface area contributed by atoms with Crippen LogP contribution in [0, 0.1) is 5.92 Å². The first kappa shape index (κ1) is 16.1. The van der Waals surface area contributed by atoms with Crippen molar-refractivity contribution in [3.05, 3.63) is 34.9 Å². The number of likely N-dealkylation sites (tertiary alicyclic amines) is 1. The summed E-state index contributed by atoms with van der Waals surface area (Å²) in [6.07, 6.45) is 5.99. The maximum atomic E-state index is 12.9. The van der Waals surface area contributed by atoms with Gasteiger partial charge in [-0.3, -0.25) is 9.69 Å². The molecule has 3 aliphatic rings. The van der Waals surface area contributed by atoms with Gasteiger partial charge in [-0.15, -0.1) is 0 Å². The third-order valence-electron chi connectivity index (χ3n) is 5.79. The average molecular weight is 328 g/mol. The molecule has 2 aliphatic heterocycles. The van der Waals surface area contributed by atoms with E-state index in [9.17, 15) is 4.79 Å². The van der Waals surface area contributed by atoms with E-state index in [1.165, 1.54) is 30.4 Å². The third kappa shape index (κ3) is 3.50. The second-order valence-electron chi connectivity index (χ2n) is 7.51. The Hall–Kier alpha value is -1.39. The lowest BCUT2D eigenvalue weighted by Gasteiger charge is -2.29. The molecule has 2 saturated heterocycles. The Bertz CT molecular complexity index is 595. The molecule has 2 heterocycles. The SMILES string of the molecule is O=C(c1ccc2c(c1)CCCC2)N1CCC(CN2CCOCC2)C1. The molecule has 0 saturated carbocycles. The van der Waals surface area contributed by atoms with Gasteiger partial charge in [0, 0.05) is 38.3 Å². The monoisotopic (exact) mass is 328 g/mol. The first-order valence-corrected chi connectivity index (χ1v) is 9.51. The number of fused-ring (bicyclic) bond motifs is 1. The minimum Gasteiger partial charge on any atom is -0.379 e. The number of nitrogens with zero attached hydrogens (tertiary/aromatic N) is 2. The summed E-state index contributed by atoms with van der Waals surface area (Å²) < 4.78 is 5.42. The maximum absolute atomic E-state index is 12.9. The summed E-state index contributed by atoms with van der Waals surface area (Å²) in [7, 11) is 0. The minimum atomic E-state index is 0.229. The Morgan fingerprint density at radius 1 is 1.08 bits per heavy atom. The van der Waals surface area contributed by atoms with Crippen LogP contribution in [0.2, 0.25) is 0 Å². The number of hydrogen-bond donors (Lipinski definition) is 0. The molecule has 1 atom stereocenters. The summed E-state index contributed by atoms with van der Waals surface area (Å²) in [5.74, 6) is 0.845. The van der Waals surface area contributed by atoms with Crippen LogP contribution >= 0.6 is 0 Å². The molecule has 1 amide bonds. The van der Waals surface area contributed by atoms with E-state index in [0.717, 1.165) is 64.3 Å². The van der Waals surface area contributed by atoms with Crippen molar-refractivity contribution >= 4 is 5.91 Å². The second kappa shape index (κ2) is 7.24. The summed E-state index contributed by atoms with van der Waals surface area (Å²) in [5, 5.41) is 0. The highest BCUT2D eigenvalue weighted by Gasteiger charge is 2.29. The molecule has 0 spiro atoms. The summed E-state index contributed by atoms with van der Waals surface area (Å²) in [6.45, 7) is 6.70. The second-order valence-corrected chi connectivity index (χ2v) is 7.51. The predicted octanol–water partition coefficient (Wildman–Crippen LogP) is 2.36. The zero-order chi connectivity index (χ0) is 16.4. The van der Waals surface area contributed by atoms with Crippen molar-refractivity contribution in [2.24, 2.45) is 5.92 Å². The van der Waals surface area contributed by atoms with Crippen LogP contribution in [-0.2, 0) is 17.6 Å². The lowest BCUT2D eigenvalue weighted by atomic mass is 9.90. The van der Waals surface area contributed by atoms with E-state index < -0.39 is 0 Å². The lowest BCUT2D eigenvalue weighted by molar-refractivity contribution is 0.0310. The normalized spacial score (nSPS) is 24.8. The first-order valence-electron chi connectivity index (χ1n) is 9.51. The van der Waals surface area contributed by atoms with Crippen LogP contribution < -0.4 is 0 Å². The fraction of sp³-hybridized carbons (Fsp3) is 0.650. The standard InChI is InChI=1S/C20H28N2O2/c23-20(19-6-5-17-3-1-2-4-18(17)13-19)22-8-7-16(15-22)14-21-9-11-24-12-10-21/h5-6,13,16H,1-4,7-12,14-15H2. The van der Waals surface area contributed by atoms with Crippen molar-refractivity contribution < 1.29 is 9.53 Å². The number of carbonyl (C=O) groups excluding carboxylic acids is 1. The minimum absolute atomic E-state index is 0.229. The molecule has 4 nitrogen and oxygen atoms in total. The fourth-order valence-electron chi connectivity index (χ4n) is 4.36. The van der Waals surface area contributed by atoms with Crippen molar-refractivity contribution in [2.45, 2.75) is 32.1 Å². The Morgan fingerprint density at radius 2 is 1.88 bits per heavy atom. The molecule has 1 aliphatic carbocycles. The van der Waals surface area contributed by atoms with Gasteiger partial charge in [0.25, 0.3) is 5.91 Å². The Balaban J connectivity index is 1.36. The van der Waals surface area contributed by atoms with Crippen LogP contribution in [0.4, 0.5) is 0 Å². The number of morpholine rings is 1. The zero-order valence-corrected chi connectivity index (χ0v) is 14.5. The molecular weight excluding hydrogens is 300 g/mol. The molecule has 1 aromatic carbocycles.